The van der Waals surface area contributed by atoms with Gasteiger partial charge in [0.15, 0.2) is 0 Å². The van der Waals surface area contributed by atoms with Crippen LogP contribution in [0, 0.1) is 25.2 Å². The molecule has 0 spiro atoms. The van der Waals surface area contributed by atoms with Gasteiger partial charge in [-0.05, 0) is 51.0 Å². The lowest BCUT2D eigenvalue weighted by Crippen LogP contribution is -2.27. The van der Waals surface area contributed by atoms with Gasteiger partial charge in [-0.2, -0.15) is 10.4 Å². The molecule has 0 atom stereocenters. The van der Waals surface area contributed by atoms with Crippen LogP contribution in [0.3, 0.4) is 0 Å². The van der Waals surface area contributed by atoms with Crippen LogP contribution in [0.1, 0.15) is 57.3 Å². The fraction of sp³-hybridized carbons (Fsp3) is 0.474. The van der Waals surface area contributed by atoms with Crippen molar-refractivity contribution in [2.24, 2.45) is 7.05 Å². The number of nitriles is 1. The van der Waals surface area contributed by atoms with E-state index in [4.69, 9.17) is 0 Å². The highest BCUT2D eigenvalue weighted by atomic mass is 32.2. The van der Waals surface area contributed by atoms with E-state index in [1.807, 2.05) is 31.8 Å². The molecule has 2 aromatic rings. The molecule has 0 radical (unpaired) electrons. The maximum absolute atomic E-state index is 12.7. The third-order valence-electron chi connectivity index (χ3n) is 4.87. The predicted molar refractivity (Wildman–Crippen MR) is 101 cm³/mol. The van der Waals surface area contributed by atoms with Crippen molar-refractivity contribution in [3.8, 4) is 6.07 Å². The van der Waals surface area contributed by atoms with Crippen molar-refractivity contribution in [2.75, 3.05) is 12.8 Å². The molecule has 1 saturated carbocycles. The molecular weight excluding hydrogens is 346 g/mol. The van der Waals surface area contributed by atoms with Crippen LogP contribution in [0.15, 0.2) is 11.1 Å². The zero-order chi connectivity index (χ0) is 18.8. The van der Waals surface area contributed by atoms with E-state index in [1.54, 1.807) is 6.07 Å². The van der Waals surface area contributed by atoms with E-state index in [1.165, 1.54) is 11.8 Å². The molecule has 26 heavy (non-hydrogen) atoms. The average molecular weight is 369 g/mol. The SMILES string of the molecule is CSc1nc(C2CC2)cc(C(=O)NCCc2c(C)nn(C)c2C)c1C#N. The molecule has 1 aliphatic carbocycles. The lowest BCUT2D eigenvalue weighted by Gasteiger charge is -2.11. The van der Waals surface area contributed by atoms with E-state index in [2.05, 4.69) is 21.5 Å². The fourth-order valence-electron chi connectivity index (χ4n) is 3.14. The normalized spacial score (nSPS) is 13.5. The molecule has 136 valence electrons. The number of carbonyl (C=O) groups excluding carboxylic acids is 1. The lowest BCUT2D eigenvalue weighted by molar-refractivity contribution is 0.0953. The molecule has 0 saturated heterocycles. The van der Waals surface area contributed by atoms with Gasteiger partial charge in [-0.1, -0.05) is 0 Å². The maximum Gasteiger partial charge on any atom is 0.252 e. The van der Waals surface area contributed by atoms with Crippen LogP contribution < -0.4 is 5.32 Å². The zero-order valence-electron chi connectivity index (χ0n) is 15.6. The molecule has 3 rings (SSSR count). The number of aromatic nitrogens is 3. The number of nitrogens with zero attached hydrogens (tertiary/aromatic N) is 4. The Kier molecular flexibility index (Phi) is 5.33. The van der Waals surface area contributed by atoms with Gasteiger partial charge in [0, 0.05) is 30.9 Å². The average Bonchev–Trinajstić information content (AvgIpc) is 3.44. The van der Waals surface area contributed by atoms with Crippen LogP contribution >= 0.6 is 11.8 Å². The quantitative estimate of drug-likeness (QED) is 0.792. The van der Waals surface area contributed by atoms with Crippen LogP contribution in [-0.4, -0.2) is 33.5 Å². The second-order valence-electron chi connectivity index (χ2n) is 6.64. The smallest absolute Gasteiger partial charge is 0.252 e. The first kappa shape index (κ1) is 18.5. The van der Waals surface area contributed by atoms with E-state index in [-0.39, 0.29) is 5.91 Å². The van der Waals surface area contributed by atoms with E-state index in [9.17, 15) is 10.1 Å². The number of aryl methyl sites for hydroxylation is 2. The van der Waals surface area contributed by atoms with E-state index in [0.29, 0.717) is 28.6 Å². The standard InChI is InChI=1S/C19H23N5OS/c1-11-14(12(2)24(3)23-11)7-8-21-18(25)15-9-17(13-5-6-13)22-19(26-4)16(15)10-20/h9,13H,5-8H2,1-4H3,(H,21,25). The van der Waals surface area contributed by atoms with Gasteiger partial charge in [0.25, 0.3) is 5.91 Å². The molecule has 1 amide bonds. The Labute approximate surface area is 158 Å². The van der Waals surface area contributed by atoms with Gasteiger partial charge in [0.2, 0.25) is 0 Å². The number of hydrogen-bond acceptors (Lipinski definition) is 5. The van der Waals surface area contributed by atoms with Crippen LogP contribution in [0.2, 0.25) is 0 Å². The van der Waals surface area contributed by atoms with Gasteiger partial charge in [0.1, 0.15) is 11.1 Å². The Morgan fingerprint density at radius 1 is 1.46 bits per heavy atom. The number of carbonyl (C=O) groups is 1. The second-order valence-corrected chi connectivity index (χ2v) is 7.44. The monoisotopic (exact) mass is 369 g/mol. The summed E-state index contributed by atoms with van der Waals surface area (Å²) in [6, 6.07) is 3.95. The summed E-state index contributed by atoms with van der Waals surface area (Å²) in [5.74, 6) is 0.223. The first-order chi connectivity index (χ1) is 12.5. The number of hydrogen-bond donors (Lipinski definition) is 1. The number of nitrogens with one attached hydrogen (secondary N) is 1. The van der Waals surface area contributed by atoms with Gasteiger partial charge in [0.05, 0.1) is 16.8 Å². The van der Waals surface area contributed by atoms with Gasteiger partial charge < -0.3 is 5.32 Å². The highest BCUT2D eigenvalue weighted by Crippen LogP contribution is 2.40. The molecular formula is C19H23N5OS. The number of thioether (sulfide) groups is 1. The van der Waals surface area contributed by atoms with E-state index >= 15 is 0 Å². The summed E-state index contributed by atoms with van der Waals surface area (Å²) in [5, 5.41) is 17.5. The Morgan fingerprint density at radius 2 is 2.19 bits per heavy atom. The highest BCUT2D eigenvalue weighted by molar-refractivity contribution is 7.98. The van der Waals surface area contributed by atoms with Crippen LogP contribution in [0.25, 0.3) is 0 Å². The summed E-state index contributed by atoms with van der Waals surface area (Å²) in [4.78, 5) is 17.3. The third kappa shape index (κ3) is 3.61. The molecule has 0 aromatic carbocycles. The third-order valence-corrected chi connectivity index (χ3v) is 5.55. The highest BCUT2D eigenvalue weighted by Gasteiger charge is 2.28. The zero-order valence-corrected chi connectivity index (χ0v) is 16.4. The predicted octanol–water partition coefficient (Wildman–Crippen LogP) is 2.88. The first-order valence-electron chi connectivity index (χ1n) is 8.72. The first-order valence-corrected chi connectivity index (χ1v) is 9.95. The van der Waals surface area contributed by atoms with Gasteiger partial charge >= 0.3 is 0 Å². The molecule has 2 aromatic heterocycles. The van der Waals surface area contributed by atoms with Crippen LogP contribution in [0.5, 0.6) is 0 Å². The maximum atomic E-state index is 12.7. The molecule has 1 fully saturated rings. The summed E-state index contributed by atoms with van der Waals surface area (Å²) in [7, 11) is 1.92. The van der Waals surface area contributed by atoms with Crippen molar-refractivity contribution >= 4 is 17.7 Å². The Balaban J connectivity index is 1.77. The number of rotatable bonds is 6. The minimum atomic E-state index is -0.208. The molecule has 0 unspecified atom stereocenters. The molecule has 1 aliphatic rings. The molecule has 1 N–H and O–H groups in total. The molecule has 7 heteroatoms. The minimum absolute atomic E-state index is 0.208. The van der Waals surface area contributed by atoms with Crippen molar-refractivity contribution in [3.63, 3.8) is 0 Å². The lowest BCUT2D eigenvalue weighted by atomic mass is 10.1. The van der Waals surface area contributed by atoms with Crippen molar-refractivity contribution in [1.82, 2.24) is 20.1 Å². The molecule has 2 heterocycles. The summed E-state index contributed by atoms with van der Waals surface area (Å²) < 4.78 is 1.86. The van der Waals surface area contributed by atoms with Gasteiger partial charge in [-0.3, -0.25) is 9.48 Å². The van der Waals surface area contributed by atoms with Crippen LogP contribution in [-0.2, 0) is 13.5 Å². The summed E-state index contributed by atoms with van der Waals surface area (Å²) in [6.07, 6.45) is 4.81. The topological polar surface area (TPSA) is 83.6 Å². The summed E-state index contributed by atoms with van der Waals surface area (Å²) in [6.45, 7) is 4.51. The van der Waals surface area contributed by atoms with E-state index < -0.39 is 0 Å². The fourth-order valence-corrected chi connectivity index (χ4v) is 3.70. The van der Waals surface area contributed by atoms with Crippen LogP contribution in [0.4, 0.5) is 0 Å². The molecule has 0 aliphatic heterocycles. The van der Waals surface area contributed by atoms with Crippen molar-refractivity contribution in [1.29, 1.82) is 5.26 Å². The van der Waals surface area contributed by atoms with Gasteiger partial charge in [-0.15, -0.1) is 11.8 Å². The van der Waals surface area contributed by atoms with Gasteiger partial charge in [-0.25, -0.2) is 4.98 Å². The number of amides is 1. The molecule has 6 nitrogen and oxygen atoms in total. The Bertz CT molecular complexity index is 892. The summed E-state index contributed by atoms with van der Waals surface area (Å²) >= 11 is 1.41. The Morgan fingerprint density at radius 3 is 2.73 bits per heavy atom. The second kappa shape index (κ2) is 7.50. The number of pyridine rings is 1. The Hall–Kier alpha value is -2.33. The minimum Gasteiger partial charge on any atom is -0.352 e. The van der Waals surface area contributed by atoms with Crippen molar-refractivity contribution < 1.29 is 4.79 Å². The largest absolute Gasteiger partial charge is 0.352 e. The van der Waals surface area contributed by atoms with E-state index in [0.717, 1.165) is 41.9 Å². The summed E-state index contributed by atoms with van der Waals surface area (Å²) in [5.41, 5.74) is 4.99. The van der Waals surface area contributed by atoms with Crippen molar-refractivity contribution in [3.05, 3.63) is 39.8 Å². The molecule has 0 bridgehead atoms. The van der Waals surface area contributed by atoms with Crippen molar-refractivity contribution in [2.45, 2.75) is 44.1 Å².